The fraction of sp³-hybridized carbons (Fsp3) is 0.231. The molecule has 1 aliphatic rings. The van der Waals surface area contributed by atoms with Crippen molar-refractivity contribution in [1.82, 2.24) is 9.97 Å². The van der Waals surface area contributed by atoms with Crippen molar-refractivity contribution in [3.8, 4) is 0 Å². The molecule has 0 spiro atoms. The Kier molecular flexibility index (Phi) is 4.03. The molecule has 104 valence electrons. The van der Waals surface area contributed by atoms with Gasteiger partial charge in [0.15, 0.2) is 0 Å². The van der Waals surface area contributed by atoms with Crippen molar-refractivity contribution in [2.75, 3.05) is 5.43 Å². The Labute approximate surface area is 131 Å². The Balaban J connectivity index is 1.93. The van der Waals surface area contributed by atoms with Gasteiger partial charge in [-0.05, 0) is 31.0 Å². The Morgan fingerprint density at radius 3 is 2.70 bits per heavy atom. The molecule has 0 atom stereocenters. The van der Waals surface area contributed by atoms with Crippen LogP contribution in [-0.4, -0.2) is 9.97 Å². The van der Waals surface area contributed by atoms with Crippen LogP contribution in [-0.2, 0) is 0 Å². The summed E-state index contributed by atoms with van der Waals surface area (Å²) in [6, 6.07) is 7.16. The first-order valence-corrected chi connectivity index (χ1v) is 7.71. The van der Waals surface area contributed by atoms with Gasteiger partial charge in [0.05, 0.1) is 5.02 Å². The van der Waals surface area contributed by atoms with Crippen LogP contribution in [0.15, 0.2) is 34.2 Å². The minimum Gasteiger partial charge on any atom is -0.308 e. The Morgan fingerprint density at radius 1 is 1.20 bits per heavy atom. The van der Waals surface area contributed by atoms with Crippen molar-refractivity contribution in [2.45, 2.75) is 28.7 Å². The Bertz CT molecular complexity index is 646. The van der Waals surface area contributed by atoms with Crippen LogP contribution < -0.4 is 11.3 Å². The molecule has 0 saturated heterocycles. The summed E-state index contributed by atoms with van der Waals surface area (Å²) in [6.45, 7) is 0. The first-order chi connectivity index (χ1) is 9.65. The number of hydrogen-bond donors (Lipinski definition) is 2. The summed E-state index contributed by atoms with van der Waals surface area (Å²) in [5.74, 6) is 7.36. The fourth-order valence-electron chi connectivity index (χ4n) is 1.76. The molecule has 4 nitrogen and oxygen atoms in total. The topological polar surface area (TPSA) is 63.8 Å². The summed E-state index contributed by atoms with van der Waals surface area (Å²) >= 11 is 13.6. The van der Waals surface area contributed by atoms with Crippen molar-refractivity contribution in [3.63, 3.8) is 0 Å². The smallest absolute Gasteiger partial charge is 0.144 e. The van der Waals surface area contributed by atoms with E-state index in [0.717, 1.165) is 28.6 Å². The second-order valence-corrected chi connectivity index (χ2v) is 6.45. The van der Waals surface area contributed by atoms with Crippen molar-refractivity contribution < 1.29 is 0 Å². The van der Waals surface area contributed by atoms with E-state index in [0.29, 0.717) is 21.8 Å². The maximum Gasteiger partial charge on any atom is 0.144 e. The average molecular weight is 327 g/mol. The van der Waals surface area contributed by atoms with Crippen LogP contribution in [0, 0.1) is 0 Å². The SMILES string of the molecule is NNc1cc(Sc2cc(Cl)ccc2Cl)nc(C2CC2)n1. The van der Waals surface area contributed by atoms with Crippen molar-refractivity contribution in [2.24, 2.45) is 5.84 Å². The van der Waals surface area contributed by atoms with Crippen LogP contribution in [0.3, 0.4) is 0 Å². The van der Waals surface area contributed by atoms with Gasteiger partial charge in [0.2, 0.25) is 0 Å². The molecule has 20 heavy (non-hydrogen) atoms. The van der Waals surface area contributed by atoms with Gasteiger partial charge in [0.25, 0.3) is 0 Å². The van der Waals surface area contributed by atoms with Gasteiger partial charge in [0, 0.05) is 21.9 Å². The molecular formula is C13H12Cl2N4S. The predicted molar refractivity (Wildman–Crippen MR) is 82.4 cm³/mol. The third-order valence-electron chi connectivity index (χ3n) is 2.92. The molecule has 1 aromatic heterocycles. The first-order valence-electron chi connectivity index (χ1n) is 6.14. The number of nitrogens with two attached hydrogens (primary N) is 1. The lowest BCUT2D eigenvalue weighted by molar-refractivity contribution is 0.878. The predicted octanol–water partition coefficient (Wildman–Crippen LogP) is 4.10. The van der Waals surface area contributed by atoms with E-state index in [-0.39, 0.29) is 0 Å². The summed E-state index contributed by atoms with van der Waals surface area (Å²) in [5.41, 5.74) is 2.58. The molecule has 3 rings (SSSR count). The number of anilines is 1. The summed E-state index contributed by atoms with van der Waals surface area (Å²) in [5, 5.41) is 2.10. The normalized spacial score (nSPS) is 14.3. The molecule has 0 unspecified atom stereocenters. The molecule has 3 N–H and O–H groups in total. The molecule has 1 aliphatic carbocycles. The summed E-state index contributed by atoms with van der Waals surface area (Å²) < 4.78 is 0. The zero-order valence-corrected chi connectivity index (χ0v) is 12.8. The van der Waals surface area contributed by atoms with E-state index < -0.39 is 0 Å². The monoisotopic (exact) mass is 326 g/mol. The van der Waals surface area contributed by atoms with Crippen LogP contribution >= 0.6 is 35.0 Å². The van der Waals surface area contributed by atoms with E-state index in [1.165, 1.54) is 11.8 Å². The number of aromatic nitrogens is 2. The molecule has 2 aromatic rings. The van der Waals surface area contributed by atoms with Crippen LogP contribution in [0.25, 0.3) is 0 Å². The number of nitrogens with one attached hydrogen (secondary N) is 1. The fourth-order valence-corrected chi connectivity index (χ4v) is 3.12. The number of halogens is 2. The lowest BCUT2D eigenvalue weighted by Gasteiger charge is -2.08. The number of hydrazine groups is 1. The second-order valence-electron chi connectivity index (χ2n) is 4.55. The van der Waals surface area contributed by atoms with E-state index in [9.17, 15) is 0 Å². The minimum atomic E-state index is 0.456. The van der Waals surface area contributed by atoms with Crippen molar-refractivity contribution in [3.05, 3.63) is 40.1 Å². The largest absolute Gasteiger partial charge is 0.308 e. The van der Waals surface area contributed by atoms with Gasteiger partial charge in [-0.15, -0.1) is 0 Å². The minimum absolute atomic E-state index is 0.456. The summed E-state index contributed by atoms with van der Waals surface area (Å²) in [6.07, 6.45) is 2.27. The van der Waals surface area contributed by atoms with Gasteiger partial charge < -0.3 is 5.43 Å². The lowest BCUT2D eigenvalue weighted by atomic mass is 10.4. The van der Waals surface area contributed by atoms with E-state index in [2.05, 4.69) is 15.4 Å². The molecule has 1 aromatic carbocycles. The number of benzene rings is 1. The molecule has 7 heteroatoms. The van der Waals surface area contributed by atoms with E-state index >= 15 is 0 Å². The molecule has 1 saturated carbocycles. The molecule has 0 amide bonds. The van der Waals surface area contributed by atoms with E-state index in [1.807, 2.05) is 6.07 Å². The third kappa shape index (κ3) is 3.17. The number of nitrogen functional groups attached to an aromatic ring is 1. The highest BCUT2D eigenvalue weighted by Gasteiger charge is 2.27. The first kappa shape index (κ1) is 13.9. The molecule has 0 bridgehead atoms. The average Bonchev–Trinajstić information content (AvgIpc) is 3.27. The Hall–Kier alpha value is -1.01. The van der Waals surface area contributed by atoms with Crippen LogP contribution in [0.2, 0.25) is 10.0 Å². The van der Waals surface area contributed by atoms with Crippen LogP contribution in [0.4, 0.5) is 5.82 Å². The lowest BCUT2D eigenvalue weighted by Crippen LogP contribution is -2.10. The van der Waals surface area contributed by atoms with Crippen LogP contribution in [0.5, 0.6) is 0 Å². The summed E-state index contributed by atoms with van der Waals surface area (Å²) in [4.78, 5) is 9.80. The van der Waals surface area contributed by atoms with E-state index in [4.69, 9.17) is 29.0 Å². The third-order valence-corrected chi connectivity index (χ3v) is 4.57. The quantitative estimate of drug-likeness (QED) is 0.503. The molecule has 0 aliphatic heterocycles. The Morgan fingerprint density at radius 2 is 2.00 bits per heavy atom. The molecular weight excluding hydrogens is 315 g/mol. The molecule has 1 heterocycles. The molecule has 1 fully saturated rings. The zero-order valence-electron chi connectivity index (χ0n) is 10.4. The maximum atomic E-state index is 6.17. The zero-order chi connectivity index (χ0) is 14.1. The summed E-state index contributed by atoms with van der Waals surface area (Å²) in [7, 11) is 0. The van der Waals surface area contributed by atoms with Gasteiger partial charge >= 0.3 is 0 Å². The van der Waals surface area contributed by atoms with E-state index in [1.54, 1.807) is 18.2 Å². The van der Waals surface area contributed by atoms with Crippen molar-refractivity contribution in [1.29, 1.82) is 0 Å². The number of rotatable bonds is 4. The number of hydrogen-bond acceptors (Lipinski definition) is 5. The van der Waals surface area contributed by atoms with Gasteiger partial charge in [0.1, 0.15) is 16.7 Å². The van der Waals surface area contributed by atoms with Gasteiger partial charge in [-0.3, -0.25) is 0 Å². The van der Waals surface area contributed by atoms with Crippen LogP contribution in [0.1, 0.15) is 24.6 Å². The highest BCUT2D eigenvalue weighted by molar-refractivity contribution is 7.99. The highest BCUT2D eigenvalue weighted by atomic mass is 35.5. The maximum absolute atomic E-state index is 6.17. The molecule has 0 radical (unpaired) electrons. The van der Waals surface area contributed by atoms with Gasteiger partial charge in [-0.25, -0.2) is 15.8 Å². The highest BCUT2D eigenvalue weighted by Crippen LogP contribution is 2.40. The van der Waals surface area contributed by atoms with Gasteiger partial charge in [-0.1, -0.05) is 35.0 Å². The standard InChI is InChI=1S/C13H12Cl2N4S/c14-8-3-4-9(15)10(5-8)20-12-6-11(19-16)17-13(18-12)7-1-2-7/h3-7H,1-2,16H2,(H,17,18,19). The number of nitrogens with zero attached hydrogens (tertiary/aromatic N) is 2. The second kappa shape index (κ2) is 5.77. The van der Waals surface area contributed by atoms with Crippen molar-refractivity contribution >= 4 is 40.8 Å². The van der Waals surface area contributed by atoms with Gasteiger partial charge in [-0.2, -0.15) is 0 Å².